The van der Waals surface area contributed by atoms with Gasteiger partial charge in [-0.2, -0.15) is 0 Å². The second-order valence-corrected chi connectivity index (χ2v) is 5.46. The first-order valence-corrected chi connectivity index (χ1v) is 6.72. The van der Waals surface area contributed by atoms with Crippen LogP contribution in [0.2, 0.25) is 0 Å². The molecule has 0 heterocycles. The third kappa shape index (κ3) is 4.64. The van der Waals surface area contributed by atoms with Gasteiger partial charge in [-0.05, 0) is 37.5 Å². The molecule has 4 heteroatoms. The van der Waals surface area contributed by atoms with E-state index < -0.39 is 0 Å². The average Bonchev–Trinajstić information content (AvgIpc) is 2.26. The van der Waals surface area contributed by atoms with Gasteiger partial charge in [0.2, 0.25) is 0 Å². The zero-order chi connectivity index (χ0) is 12.8. The van der Waals surface area contributed by atoms with E-state index in [1.165, 1.54) is 6.42 Å². The first-order valence-electron chi connectivity index (χ1n) is 6.72. The molecule has 1 rings (SSSR count). The normalized spacial score (nSPS) is 30.9. The van der Waals surface area contributed by atoms with Gasteiger partial charge in [0.05, 0.1) is 6.10 Å². The van der Waals surface area contributed by atoms with Crippen molar-refractivity contribution in [2.24, 2.45) is 17.7 Å². The zero-order valence-electron chi connectivity index (χ0n) is 11.2. The Morgan fingerprint density at radius 3 is 2.41 bits per heavy atom. The van der Waals surface area contributed by atoms with Crippen LogP contribution < -0.4 is 11.3 Å². The van der Waals surface area contributed by atoms with Gasteiger partial charge in [0.15, 0.2) is 0 Å². The van der Waals surface area contributed by atoms with E-state index in [1.807, 2.05) is 6.92 Å². The number of carbonyl (C=O) groups excluding carboxylic acids is 1. The summed E-state index contributed by atoms with van der Waals surface area (Å²) in [4.78, 5) is 11.6. The fourth-order valence-corrected chi connectivity index (χ4v) is 2.83. The van der Waals surface area contributed by atoms with Crippen molar-refractivity contribution in [1.29, 1.82) is 0 Å². The average molecular weight is 242 g/mol. The van der Waals surface area contributed by atoms with E-state index in [0.717, 1.165) is 25.7 Å². The molecule has 0 aromatic carbocycles. The molecule has 3 unspecified atom stereocenters. The number of carbonyl (C=O) groups is 1. The number of nitrogens with one attached hydrogen (secondary N) is 1. The molecule has 0 bridgehead atoms. The molecule has 3 N–H and O–H groups in total. The second kappa shape index (κ2) is 6.97. The molecule has 0 aromatic rings. The first-order chi connectivity index (χ1) is 8.06. The lowest BCUT2D eigenvalue weighted by atomic mass is 9.81. The molecule has 1 amide bonds. The van der Waals surface area contributed by atoms with Crippen LogP contribution >= 0.6 is 0 Å². The Labute approximate surface area is 104 Å². The number of ether oxygens (including phenoxy) is 1. The third-order valence-corrected chi connectivity index (χ3v) is 3.48. The van der Waals surface area contributed by atoms with Gasteiger partial charge in [-0.1, -0.05) is 27.2 Å². The van der Waals surface area contributed by atoms with Gasteiger partial charge in [0.25, 0.3) is 5.91 Å². The summed E-state index contributed by atoms with van der Waals surface area (Å²) in [6.45, 7) is 6.56. The van der Waals surface area contributed by atoms with Gasteiger partial charge < -0.3 is 4.74 Å². The Morgan fingerprint density at radius 1 is 1.35 bits per heavy atom. The smallest absolute Gasteiger partial charge is 0.262 e. The van der Waals surface area contributed by atoms with E-state index in [-0.39, 0.29) is 18.1 Å². The van der Waals surface area contributed by atoms with Crippen LogP contribution in [0.4, 0.5) is 0 Å². The van der Waals surface area contributed by atoms with Gasteiger partial charge in [-0.3, -0.25) is 10.2 Å². The Kier molecular flexibility index (Phi) is 5.92. The van der Waals surface area contributed by atoms with E-state index in [0.29, 0.717) is 11.8 Å². The molecule has 3 atom stereocenters. The maximum atomic E-state index is 11.6. The summed E-state index contributed by atoms with van der Waals surface area (Å²) in [5, 5.41) is 0. The monoisotopic (exact) mass is 242 g/mol. The molecule has 0 aromatic heterocycles. The number of amides is 1. The Morgan fingerprint density at radius 2 is 1.94 bits per heavy atom. The van der Waals surface area contributed by atoms with E-state index in [4.69, 9.17) is 10.6 Å². The molecular weight excluding hydrogens is 216 g/mol. The molecule has 1 fully saturated rings. The lowest BCUT2D eigenvalue weighted by Gasteiger charge is -2.33. The second-order valence-electron chi connectivity index (χ2n) is 5.46. The standard InChI is InChI=1S/C13H26N2O2/c1-4-5-12(13(16)15-14)17-11-7-9(2)6-10(3)8-11/h9-12H,4-8,14H2,1-3H3,(H,15,16). The van der Waals surface area contributed by atoms with Crippen molar-refractivity contribution in [2.45, 2.75) is 65.1 Å². The molecular formula is C13H26N2O2. The van der Waals surface area contributed by atoms with Crippen LogP contribution in [-0.4, -0.2) is 18.1 Å². The van der Waals surface area contributed by atoms with Crippen molar-refractivity contribution < 1.29 is 9.53 Å². The first kappa shape index (κ1) is 14.5. The number of hydrogen-bond donors (Lipinski definition) is 2. The van der Waals surface area contributed by atoms with Crippen molar-refractivity contribution >= 4 is 5.91 Å². The highest BCUT2D eigenvalue weighted by atomic mass is 16.5. The topological polar surface area (TPSA) is 64.3 Å². The Hall–Kier alpha value is -0.610. The minimum absolute atomic E-state index is 0.197. The number of hydrazine groups is 1. The van der Waals surface area contributed by atoms with Crippen molar-refractivity contribution in [2.75, 3.05) is 0 Å². The fourth-order valence-electron chi connectivity index (χ4n) is 2.83. The SMILES string of the molecule is CCCC(OC1CC(C)CC(C)C1)C(=O)NN. The molecule has 1 aliphatic rings. The van der Waals surface area contributed by atoms with Crippen LogP contribution in [0.3, 0.4) is 0 Å². The summed E-state index contributed by atoms with van der Waals surface area (Å²) in [6, 6.07) is 0. The summed E-state index contributed by atoms with van der Waals surface area (Å²) in [5.41, 5.74) is 2.20. The predicted octanol–water partition coefficient (Wildman–Crippen LogP) is 1.99. The van der Waals surface area contributed by atoms with Crippen molar-refractivity contribution in [1.82, 2.24) is 5.43 Å². The number of hydrogen-bond acceptors (Lipinski definition) is 3. The van der Waals surface area contributed by atoms with Crippen LogP contribution in [0.25, 0.3) is 0 Å². The van der Waals surface area contributed by atoms with E-state index >= 15 is 0 Å². The van der Waals surface area contributed by atoms with E-state index in [2.05, 4.69) is 19.3 Å². The minimum atomic E-state index is -0.382. The summed E-state index contributed by atoms with van der Waals surface area (Å²) in [5.74, 6) is 6.36. The van der Waals surface area contributed by atoms with Crippen LogP contribution in [0, 0.1) is 11.8 Å². The van der Waals surface area contributed by atoms with Crippen molar-refractivity contribution in [3.63, 3.8) is 0 Å². The van der Waals surface area contributed by atoms with Gasteiger partial charge in [0.1, 0.15) is 6.10 Å². The summed E-state index contributed by atoms with van der Waals surface area (Å²) >= 11 is 0. The van der Waals surface area contributed by atoms with E-state index in [1.54, 1.807) is 0 Å². The lowest BCUT2D eigenvalue weighted by molar-refractivity contribution is -0.140. The summed E-state index contributed by atoms with van der Waals surface area (Å²) < 4.78 is 5.93. The predicted molar refractivity (Wildman–Crippen MR) is 68.1 cm³/mol. The van der Waals surface area contributed by atoms with Crippen molar-refractivity contribution in [3.8, 4) is 0 Å². The molecule has 0 radical (unpaired) electrons. The zero-order valence-corrected chi connectivity index (χ0v) is 11.2. The summed E-state index contributed by atoms with van der Waals surface area (Å²) in [6.07, 6.45) is 4.87. The van der Waals surface area contributed by atoms with Crippen molar-refractivity contribution in [3.05, 3.63) is 0 Å². The number of nitrogens with two attached hydrogens (primary N) is 1. The fraction of sp³-hybridized carbons (Fsp3) is 0.923. The molecule has 0 saturated heterocycles. The van der Waals surface area contributed by atoms with Crippen LogP contribution in [-0.2, 0) is 9.53 Å². The molecule has 1 saturated carbocycles. The Bertz CT molecular complexity index is 236. The van der Waals surface area contributed by atoms with Gasteiger partial charge in [-0.15, -0.1) is 0 Å². The minimum Gasteiger partial charge on any atom is -0.365 e. The summed E-state index contributed by atoms with van der Waals surface area (Å²) in [7, 11) is 0. The molecule has 17 heavy (non-hydrogen) atoms. The maximum Gasteiger partial charge on any atom is 0.262 e. The largest absolute Gasteiger partial charge is 0.365 e. The molecule has 0 aliphatic heterocycles. The van der Waals surface area contributed by atoms with Gasteiger partial charge in [0, 0.05) is 0 Å². The molecule has 100 valence electrons. The third-order valence-electron chi connectivity index (χ3n) is 3.48. The highest BCUT2D eigenvalue weighted by Crippen LogP contribution is 2.31. The van der Waals surface area contributed by atoms with Crippen LogP contribution in [0.5, 0.6) is 0 Å². The lowest BCUT2D eigenvalue weighted by Crippen LogP contribution is -2.43. The van der Waals surface area contributed by atoms with Gasteiger partial charge >= 0.3 is 0 Å². The van der Waals surface area contributed by atoms with Crippen LogP contribution in [0.15, 0.2) is 0 Å². The maximum absolute atomic E-state index is 11.6. The molecule has 0 spiro atoms. The number of rotatable bonds is 5. The van der Waals surface area contributed by atoms with Crippen LogP contribution in [0.1, 0.15) is 52.9 Å². The van der Waals surface area contributed by atoms with Gasteiger partial charge in [-0.25, -0.2) is 5.84 Å². The molecule has 4 nitrogen and oxygen atoms in total. The molecule has 1 aliphatic carbocycles. The highest BCUT2D eigenvalue weighted by molar-refractivity contribution is 5.80. The Balaban J connectivity index is 2.50. The quantitative estimate of drug-likeness (QED) is 0.440. The highest BCUT2D eigenvalue weighted by Gasteiger charge is 2.28. The van der Waals surface area contributed by atoms with E-state index in [9.17, 15) is 4.79 Å².